The van der Waals surface area contributed by atoms with Gasteiger partial charge in [-0.05, 0) is 24.1 Å². The van der Waals surface area contributed by atoms with E-state index in [1.165, 1.54) is 7.11 Å². The van der Waals surface area contributed by atoms with Crippen LogP contribution in [0.4, 0.5) is 0 Å². The molecule has 0 aromatic heterocycles. The number of carbonyl (C=O) groups is 1. The van der Waals surface area contributed by atoms with Crippen LogP contribution in [-0.4, -0.2) is 19.9 Å². The van der Waals surface area contributed by atoms with E-state index >= 15 is 0 Å². The average Bonchev–Trinajstić information content (AvgIpc) is 2.60. The molecule has 0 N–H and O–H groups in total. The number of hydrogen-bond donors (Lipinski definition) is 0. The van der Waals surface area contributed by atoms with Crippen LogP contribution in [0.3, 0.4) is 0 Å². The van der Waals surface area contributed by atoms with Gasteiger partial charge in [0.05, 0.1) is 7.11 Å². The molecule has 4 nitrogen and oxygen atoms in total. The minimum atomic E-state index is -1.16. The third kappa shape index (κ3) is 3.46. The maximum atomic E-state index is 12.3. The monoisotopic (exact) mass is 300 g/mol. The van der Waals surface area contributed by atoms with Crippen molar-refractivity contribution >= 4 is 5.97 Å². The van der Waals surface area contributed by atoms with Crippen molar-refractivity contribution in [3.8, 4) is 5.75 Å². The summed E-state index contributed by atoms with van der Waals surface area (Å²) in [5.41, 5.74) is -0.411. The smallest absolute Gasteiger partial charge is 0.342 e. The molecule has 0 aliphatic heterocycles. The van der Waals surface area contributed by atoms with Crippen LogP contribution in [-0.2, 0) is 19.9 Å². The lowest BCUT2D eigenvalue weighted by Gasteiger charge is -2.30. The molecule has 0 saturated carbocycles. The highest BCUT2D eigenvalue weighted by atomic mass is 16.7. The summed E-state index contributed by atoms with van der Waals surface area (Å²) in [6.45, 7) is 1.84. The predicted molar refractivity (Wildman–Crippen MR) is 83.4 cm³/mol. The standard InChI is InChI=1S/C18H20O4/c1-3-18(17(19)20-2,15-10-6-4-7-11-15)22-14-21-16-12-8-5-9-13-16/h4-13H,3,14H2,1-2H3. The first-order valence-corrected chi connectivity index (χ1v) is 7.18. The van der Waals surface area contributed by atoms with Gasteiger partial charge < -0.3 is 14.2 Å². The van der Waals surface area contributed by atoms with Gasteiger partial charge in [0.1, 0.15) is 5.75 Å². The molecule has 0 bridgehead atoms. The van der Waals surface area contributed by atoms with E-state index < -0.39 is 11.6 Å². The Bertz CT molecular complexity index is 583. The summed E-state index contributed by atoms with van der Waals surface area (Å²) in [4.78, 5) is 12.3. The zero-order chi connectivity index (χ0) is 15.8. The molecule has 0 aliphatic rings. The van der Waals surface area contributed by atoms with Gasteiger partial charge in [-0.3, -0.25) is 0 Å². The van der Waals surface area contributed by atoms with Crippen molar-refractivity contribution in [3.05, 3.63) is 66.2 Å². The largest absolute Gasteiger partial charge is 0.468 e. The Morgan fingerprint density at radius 2 is 1.59 bits per heavy atom. The van der Waals surface area contributed by atoms with Crippen LogP contribution in [0.1, 0.15) is 18.9 Å². The Labute approximate surface area is 130 Å². The summed E-state index contributed by atoms with van der Waals surface area (Å²) < 4.78 is 16.3. The number of benzene rings is 2. The first-order chi connectivity index (χ1) is 10.7. The Balaban J connectivity index is 2.16. The van der Waals surface area contributed by atoms with Gasteiger partial charge in [-0.2, -0.15) is 0 Å². The summed E-state index contributed by atoms with van der Waals surface area (Å²) in [6, 6.07) is 18.6. The second-order valence-corrected chi connectivity index (χ2v) is 4.76. The molecular formula is C18H20O4. The fourth-order valence-corrected chi connectivity index (χ4v) is 2.30. The highest BCUT2D eigenvalue weighted by molar-refractivity contribution is 5.81. The van der Waals surface area contributed by atoms with Crippen LogP contribution in [0.2, 0.25) is 0 Å². The average molecular weight is 300 g/mol. The molecule has 4 heteroatoms. The molecule has 2 aromatic carbocycles. The van der Waals surface area contributed by atoms with E-state index in [4.69, 9.17) is 14.2 Å². The molecule has 1 atom stereocenters. The zero-order valence-electron chi connectivity index (χ0n) is 12.8. The Morgan fingerprint density at radius 1 is 1.00 bits per heavy atom. The lowest BCUT2D eigenvalue weighted by Crippen LogP contribution is -2.40. The number of para-hydroxylation sites is 1. The maximum Gasteiger partial charge on any atom is 0.342 e. The van der Waals surface area contributed by atoms with E-state index in [1.54, 1.807) is 0 Å². The molecule has 0 spiro atoms. The number of ether oxygens (including phenoxy) is 3. The van der Waals surface area contributed by atoms with Gasteiger partial charge in [0, 0.05) is 0 Å². The molecule has 0 radical (unpaired) electrons. The zero-order valence-corrected chi connectivity index (χ0v) is 12.8. The molecular weight excluding hydrogens is 280 g/mol. The minimum absolute atomic E-state index is 0.0398. The van der Waals surface area contributed by atoms with Crippen molar-refractivity contribution in [2.24, 2.45) is 0 Å². The van der Waals surface area contributed by atoms with E-state index in [-0.39, 0.29) is 6.79 Å². The maximum absolute atomic E-state index is 12.3. The number of esters is 1. The number of carbonyl (C=O) groups excluding carboxylic acids is 1. The highest BCUT2D eigenvalue weighted by Crippen LogP contribution is 2.31. The van der Waals surface area contributed by atoms with E-state index in [2.05, 4.69) is 0 Å². The van der Waals surface area contributed by atoms with Crippen molar-refractivity contribution in [1.29, 1.82) is 0 Å². The van der Waals surface area contributed by atoms with Gasteiger partial charge in [-0.15, -0.1) is 0 Å². The predicted octanol–water partition coefficient (Wildman–Crippen LogP) is 3.52. The molecule has 116 valence electrons. The third-order valence-electron chi connectivity index (χ3n) is 3.53. The van der Waals surface area contributed by atoms with E-state index in [9.17, 15) is 4.79 Å². The lowest BCUT2D eigenvalue weighted by atomic mass is 9.91. The molecule has 22 heavy (non-hydrogen) atoms. The SMILES string of the molecule is CCC(OCOc1ccccc1)(C(=O)OC)c1ccccc1. The molecule has 0 aliphatic carbocycles. The van der Waals surface area contributed by atoms with Gasteiger partial charge in [0.2, 0.25) is 0 Å². The molecule has 1 unspecified atom stereocenters. The van der Waals surface area contributed by atoms with Crippen molar-refractivity contribution in [3.63, 3.8) is 0 Å². The van der Waals surface area contributed by atoms with Crippen LogP contribution in [0.15, 0.2) is 60.7 Å². The summed E-state index contributed by atoms with van der Waals surface area (Å²) in [6.07, 6.45) is 0.446. The summed E-state index contributed by atoms with van der Waals surface area (Å²) in [5, 5.41) is 0. The first kappa shape index (κ1) is 16.0. The van der Waals surface area contributed by atoms with E-state index in [0.717, 1.165) is 5.56 Å². The second-order valence-electron chi connectivity index (χ2n) is 4.76. The van der Waals surface area contributed by atoms with Crippen molar-refractivity contribution in [1.82, 2.24) is 0 Å². The van der Waals surface area contributed by atoms with Crippen molar-refractivity contribution in [2.45, 2.75) is 18.9 Å². The fraction of sp³-hybridized carbons (Fsp3) is 0.278. The van der Waals surface area contributed by atoms with Crippen LogP contribution in [0.5, 0.6) is 5.75 Å². The van der Waals surface area contributed by atoms with Gasteiger partial charge >= 0.3 is 5.97 Å². The summed E-state index contributed by atoms with van der Waals surface area (Å²) in [7, 11) is 1.36. The third-order valence-corrected chi connectivity index (χ3v) is 3.53. The van der Waals surface area contributed by atoms with Crippen molar-refractivity contribution < 1.29 is 19.0 Å². The fourth-order valence-electron chi connectivity index (χ4n) is 2.30. The molecule has 0 amide bonds. The number of methoxy groups -OCH3 is 1. The highest BCUT2D eigenvalue weighted by Gasteiger charge is 2.41. The van der Waals surface area contributed by atoms with Gasteiger partial charge in [0.15, 0.2) is 12.4 Å². The Hall–Kier alpha value is -2.33. The quantitative estimate of drug-likeness (QED) is 0.580. The second kappa shape index (κ2) is 7.61. The summed E-state index contributed by atoms with van der Waals surface area (Å²) in [5.74, 6) is 0.253. The lowest BCUT2D eigenvalue weighted by molar-refractivity contribution is -0.182. The van der Waals surface area contributed by atoms with Crippen LogP contribution < -0.4 is 4.74 Å². The summed E-state index contributed by atoms with van der Waals surface area (Å²) >= 11 is 0. The molecule has 0 heterocycles. The topological polar surface area (TPSA) is 44.8 Å². The Kier molecular flexibility index (Phi) is 5.55. The van der Waals surface area contributed by atoms with Crippen LogP contribution in [0.25, 0.3) is 0 Å². The van der Waals surface area contributed by atoms with Gasteiger partial charge in [0.25, 0.3) is 0 Å². The van der Waals surface area contributed by atoms with Crippen LogP contribution in [0, 0.1) is 0 Å². The van der Waals surface area contributed by atoms with Gasteiger partial charge in [-0.1, -0.05) is 55.5 Å². The van der Waals surface area contributed by atoms with E-state index in [1.807, 2.05) is 67.6 Å². The van der Waals surface area contributed by atoms with Crippen molar-refractivity contribution in [2.75, 3.05) is 13.9 Å². The Morgan fingerprint density at radius 3 is 2.14 bits per heavy atom. The molecule has 0 saturated heterocycles. The molecule has 0 fully saturated rings. The molecule has 2 rings (SSSR count). The van der Waals surface area contributed by atoms with Gasteiger partial charge in [-0.25, -0.2) is 4.79 Å². The number of hydrogen-bond acceptors (Lipinski definition) is 4. The minimum Gasteiger partial charge on any atom is -0.468 e. The number of rotatable bonds is 7. The molecule has 2 aromatic rings. The van der Waals surface area contributed by atoms with E-state index in [0.29, 0.717) is 12.2 Å². The first-order valence-electron chi connectivity index (χ1n) is 7.18. The normalized spacial score (nSPS) is 13.2. The van der Waals surface area contributed by atoms with Crippen LogP contribution >= 0.6 is 0 Å².